The van der Waals surface area contributed by atoms with Gasteiger partial charge in [-0.05, 0) is 62.0 Å². The summed E-state index contributed by atoms with van der Waals surface area (Å²) < 4.78 is 12.4. The third-order valence-corrected chi connectivity index (χ3v) is 7.04. The van der Waals surface area contributed by atoms with E-state index in [0.29, 0.717) is 5.92 Å². The molecule has 20 heavy (non-hydrogen) atoms. The number of nitrogens with zero attached hydrogens (tertiary/aromatic N) is 1. The van der Waals surface area contributed by atoms with Gasteiger partial charge in [-0.2, -0.15) is 0 Å². The number of pyridine rings is 1. The summed E-state index contributed by atoms with van der Waals surface area (Å²) in [6.07, 6.45) is 9.23. The SMILES string of the molecule is O=C(CS(=O)c1ccncc1)C12CC3CC(CC1C3)C2. The van der Waals surface area contributed by atoms with Gasteiger partial charge in [-0.1, -0.05) is 0 Å². The van der Waals surface area contributed by atoms with Gasteiger partial charge in [-0.15, -0.1) is 0 Å². The van der Waals surface area contributed by atoms with Crippen molar-refractivity contribution >= 4 is 16.6 Å². The highest BCUT2D eigenvalue weighted by Gasteiger charge is 2.60. The lowest BCUT2D eigenvalue weighted by Crippen LogP contribution is -2.35. The zero-order valence-corrected chi connectivity index (χ0v) is 12.3. The Balaban J connectivity index is 1.53. The molecule has 4 heteroatoms. The van der Waals surface area contributed by atoms with E-state index in [2.05, 4.69) is 4.98 Å². The monoisotopic (exact) mass is 289 g/mol. The van der Waals surface area contributed by atoms with Crippen LogP contribution in [0.2, 0.25) is 0 Å². The first-order valence-corrected chi connectivity index (χ1v) is 8.81. The summed E-state index contributed by atoms with van der Waals surface area (Å²) in [6, 6.07) is 3.50. The molecule has 4 saturated carbocycles. The van der Waals surface area contributed by atoms with Crippen LogP contribution in [0.5, 0.6) is 0 Å². The fourth-order valence-electron chi connectivity index (χ4n) is 5.09. The van der Waals surface area contributed by atoms with E-state index >= 15 is 0 Å². The quantitative estimate of drug-likeness (QED) is 0.856. The Bertz CT molecular complexity index is 557. The molecule has 1 heterocycles. The van der Waals surface area contributed by atoms with E-state index in [4.69, 9.17) is 0 Å². The minimum atomic E-state index is -1.21. The van der Waals surface area contributed by atoms with Gasteiger partial charge in [0.05, 0.1) is 16.6 Å². The van der Waals surface area contributed by atoms with Crippen molar-refractivity contribution in [3.8, 4) is 0 Å². The van der Waals surface area contributed by atoms with E-state index in [9.17, 15) is 9.00 Å². The molecule has 3 atom stereocenters. The van der Waals surface area contributed by atoms with Gasteiger partial charge in [0.2, 0.25) is 0 Å². The van der Waals surface area contributed by atoms with Crippen LogP contribution >= 0.6 is 0 Å². The lowest BCUT2D eigenvalue weighted by Gasteiger charge is -2.31. The Hall–Kier alpha value is -1.03. The first-order valence-electron chi connectivity index (χ1n) is 7.49. The molecule has 4 aliphatic carbocycles. The smallest absolute Gasteiger partial charge is 0.152 e. The molecule has 0 N–H and O–H groups in total. The number of rotatable bonds is 4. The van der Waals surface area contributed by atoms with Gasteiger partial charge in [-0.25, -0.2) is 0 Å². The molecule has 3 unspecified atom stereocenters. The van der Waals surface area contributed by atoms with E-state index in [1.54, 1.807) is 24.5 Å². The largest absolute Gasteiger partial charge is 0.298 e. The third-order valence-electron chi connectivity index (χ3n) is 5.72. The summed E-state index contributed by atoms with van der Waals surface area (Å²) in [5.41, 5.74) is -0.101. The Morgan fingerprint density at radius 2 is 1.85 bits per heavy atom. The summed E-state index contributed by atoms with van der Waals surface area (Å²) in [5, 5.41) is 0. The van der Waals surface area contributed by atoms with E-state index in [0.717, 1.165) is 29.6 Å². The van der Waals surface area contributed by atoms with Crippen LogP contribution in [0.1, 0.15) is 32.1 Å². The maximum atomic E-state index is 12.8. The Morgan fingerprint density at radius 1 is 1.20 bits per heavy atom. The number of Topliss-reactive ketones (excluding diaryl/α,β-unsaturated/α-hetero) is 1. The van der Waals surface area contributed by atoms with Crippen molar-refractivity contribution in [3.63, 3.8) is 0 Å². The average Bonchev–Trinajstić information content (AvgIpc) is 2.86. The minimum absolute atomic E-state index is 0.101. The zero-order chi connectivity index (χ0) is 13.7. The molecule has 0 radical (unpaired) electrons. The van der Waals surface area contributed by atoms with Crippen LogP contribution in [0.4, 0.5) is 0 Å². The second-order valence-electron chi connectivity index (χ2n) is 6.80. The predicted octanol–water partition coefficient (Wildman–Crippen LogP) is 2.58. The summed E-state index contributed by atoms with van der Waals surface area (Å²) >= 11 is 0. The minimum Gasteiger partial charge on any atom is -0.298 e. The first-order chi connectivity index (χ1) is 9.67. The lowest BCUT2D eigenvalue weighted by molar-refractivity contribution is -0.127. The zero-order valence-electron chi connectivity index (χ0n) is 11.5. The van der Waals surface area contributed by atoms with Crippen LogP contribution in [0.3, 0.4) is 0 Å². The fourth-order valence-corrected chi connectivity index (χ4v) is 6.21. The van der Waals surface area contributed by atoms with Crippen molar-refractivity contribution in [2.45, 2.75) is 37.0 Å². The Labute approximate surface area is 121 Å². The second kappa shape index (κ2) is 4.48. The predicted molar refractivity (Wildman–Crippen MR) is 76.5 cm³/mol. The van der Waals surface area contributed by atoms with Crippen molar-refractivity contribution in [3.05, 3.63) is 24.5 Å². The molecule has 3 nitrogen and oxygen atoms in total. The van der Waals surface area contributed by atoms with Crippen LogP contribution in [-0.4, -0.2) is 20.7 Å². The van der Waals surface area contributed by atoms with Crippen molar-refractivity contribution in [1.29, 1.82) is 0 Å². The van der Waals surface area contributed by atoms with Gasteiger partial charge in [0.25, 0.3) is 0 Å². The third kappa shape index (κ3) is 1.80. The topological polar surface area (TPSA) is 47.0 Å². The van der Waals surface area contributed by atoms with E-state index in [1.165, 1.54) is 19.3 Å². The summed E-state index contributed by atoms with van der Waals surface area (Å²) in [5.74, 6) is 2.59. The maximum Gasteiger partial charge on any atom is 0.152 e. The normalized spacial score (nSPS) is 39.1. The molecule has 4 aliphatic rings. The van der Waals surface area contributed by atoms with E-state index in [-0.39, 0.29) is 17.0 Å². The number of carbonyl (C=O) groups excluding carboxylic acids is 1. The molecule has 0 aliphatic heterocycles. The van der Waals surface area contributed by atoms with Gasteiger partial charge in [0.1, 0.15) is 0 Å². The molecule has 0 saturated heterocycles. The van der Waals surface area contributed by atoms with Crippen molar-refractivity contribution in [2.24, 2.45) is 23.2 Å². The van der Waals surface area contributed by atoms with Gasteiger partial charge >= 0.3 is 0 Å². The van der Waals surface area contributed by atoms with Crippen molar-refractivity contribution in [2.75, 3.05) is 5.75 Å². The molecule has 0 spiro atoms. The highest BCUT2D eigenvalue weighted by atomic mass is 32.2. The van der Waals surface area contributed by atoms with Crippen LogP contribution in [0, 0.1) is 23.2 Å². The molecular formula is C16H19NO2S. The van der Waals surface area contributed by atoms with Crippen molar-refractivity contribution < 1.29 is 9.00 Å². The number of ketones is 1. The number of hydrogen-bond donors (Lipinski definition) is 0. The van der Waals surface area contributed by atoms with Gasteiger partial charge in [0.15, 0.2) is 5.78 Å². The lowest BCUT2D eigenvalue weighted by atomic mass is 9.73. The second-order valence-corrected chi connectivity index (χ2v) is 8.25. The maximum absolute atomic E-state index is 12.8. The number of hydrogen-bond acceptors (Lipinski definition) is 3. The summed E-state index contributed by atoms with van der Waals surface area (Å²) in [6.45, 7) is 0. The number of aromatic nitrogens is 1. The highest BCUT2D eigenvalue weighted by molar-refractivity contribution is 7.85. The van der Waals surface area contributed by atoms with Crippen LogP contribution in [-0.2, 0) is 15.6 Å². The standard InChI is InChI=1S/C16H19NO2S/c18-15(10-20(19)14-1-3-17-4-2-14)16-8-11-5-12(9-16)7-13(16)6-11/h1-4,11-13H,5-10H2. The molecule has 1 aromatic heterocycles. The van der Waals surface area contributed by atoms with Crippen LogP contribution in [0.25, 0.3) is 0 Å². The molecule has 4 fully saturated rings. The summed E-state index contributed by atoms with van der Waals surface area (Å²) in [4.78, 5) is 17.4. The molecule has 4 bridgehead atoms. The van der Waals surface area contributed by atoms with E-state index < -0.39 is 10.8 Å². The molecule has 0 amide bonds. The molecule has 106 valence electrons. The Morgan fingerprint density at radius 3 is 2.50 bits per heavy atom. The Kier molecular flexibility index (Phi) is 2.85. The molecular weight excluding hydrogens is 270 g/mol. The summed E-state index contributed by atoms with van der Waals surface area (Å²) in [7, 11) is -1.21. The van der Waals surface area contributed by atoms with Crippen molar-refractivity contribution in [1.82, 2.24) is 4.98 Å². The first kappa shape index (κ1) is 12.7. The van der Waals surface area contributed by atoms with Gasteiger partial charge in [-0.3, -0.25) is 14.0 Å². The average molecular weight is 289 g/mol. The molecule has 0 aromatic carbocycles. The van der Waals surface area contributed by atoms with Gasteiger partial charge in [0, 0.05) is 22.7 Å². The highest BCUT2D eigenvalue weighted by Crippen LogP contribution is 2.65. The van der Waals surface area contributed by atoms with Crippen LogP contribution < -0.4 is 0 Å². The van der Waals surface area contributed by atoms with E-state index in [1.807, 2.05) is 0 Å². The molecule has 5 rings (SSSR count). The van der Waals surface area contributed by atoms with Crippen LogP contribution in [0.15, 0.2) is 29.4 Å². The number of carbonyl (C=O) groups is 1. The fraction of sp³-hybridized carbons (Fsp3) is 0.625. The molecule has 1 aromatic rings. The van der Waals surface area contributed by atoms with Gasteiger partial charge < -0.3 is 0 Å².